The minimum Gasteiger partial charge on any atom is -0.493 e. The van der Waals surface area contributed by atoms with Crippen molar-refractivity contribution in [3.05, 3.63) is 47.5 Å². The molecule has 184 valence electrons. The first-order chi connectivity index (χ1) is 16.5. The average Bonchev–Trinajstić information content (AvgIpc) is 2.89. The van der Waals surface area contributed by atoms with Gasteiger partial charge in [-0.2, -0.15) is 9.78 Å². The van der Waals surface area contributed by atoms with Crippen molar-refractivity contribution in [1.82, 2.24) is 0 Å². The number of rotatable bonds is 10. The van der Waals surface area contributed by atoms with Gasteiger partial charge in [-0.3, -0.25) is 9.78 Å². The van der Waals surface area contributed by atoms with Crippen LogP contribution < -0.4 is 18.9 Å². The van der Waals surface area contributed by atoms with Gasteiger partial charge in [-0.25, -0.2) is 9.59 Å². The SMILES string of the molecule is COc1cccc(C(=O)OOC2CCCCC2OOC(=O)c2cccc(OC)c2OC)c1OC. The molecule has 1 aliphatic carbocycles. The van der Waals surface area contributed by atoms with Gasteiger partial charge in [0.2, 0.25) is 0 Å². The number of carbonyl (C=O) groups is 2. The molecule has 0 N–H and O–H groups in total. The Hall–Kier alpha value is -3.50. The van der Waals surface area contributed by atoms with E-state index in [0.29, 0.717) is 24.3 Å². The summed E-state index contributed by atoms with van der Waals surface area (Å²) >= 11 is 0. The highest BCUT2D eigenvalue weighted by Gasteiger charge is 2.32. The molecule has 0 saturated heterocycles. The second kappa shape index (κ2) is 12.1. The van der Waals surface area contributed by atoms with E-state index < -0.39 is 24.1 Å². The summed E-state index contributed by atoms with van der Waals surface area (Å²) in [5, 5.41) is 0. The van der Waals surface area contributed by atoms with Crippen molar-refractivity contribution in [3.8, 4) is 23.0 Å². The Bertz CT molecular complexity index is 910. The molecule has 0 aliphatic heterocycles. The van der Waals surface area contributed by atoms with Crippen LogP contribution in [0.1, 0.15) is 46.4 Å². The maximum atomic E-state index is 12.6. The quantitative estimate of drug-likeness (QED) is 0.370. The van der Waals surface area contributed by atoms with Gasteiger partial charge in [0.05, 0.1) is 28.4 Å². The molecule has 0 radical (unpaired) electrons. The highest BCUT2D eigenvalue weighted by molar-refractivity contribution is 5.93. The van der Waals surface area contributed by atoms with Gasteiger partial charge in [-0.05, 0) is 37.1 Å². The summed E-state index contributed by atoms with van der Waals surface area (Å²) in [4.78, 5) is 46.1. The Morgan fingerprint density at radius 3 is 1.41 bits per heavy atom. The number of methoxy groups -OCH3 is 4. The molecule has 2 unspecified atom stereocenters. The second-order valence-electron chi connectivity index (χ2n) is 7.38. The van der Waals surface area contributed by atoms with E-state index in [2.05, 4.69) is 0 Å². The van der Waals surface area contributed by atoms with E-state index in [1.54, 1.807) is 24.3 Å². The molecule has 2 aromatic carbocycles. The van der Waals surface area contributed by atoms with E-state index in [4.69, 9.17) is 38.5 Å². The molecule has 3 rings (SSSR count). The fourth-order valence-corrected chi connectivity index (χ4v) is 3.68. The van der Waals surface area contributed by atoms with E-state index in [1.807, 2.05) is 0 Å². The van der Waals surface area contributed by atoms with Crippen LogP contribution in [0.4, 0.5) is 0 Å². The molecule has 0 bridgehead atoms. The fourth-order valence-electron chi connectivity index (χ4n) is 3.68. The molecule has 2 atom stereocenters. The molecule has 1 fully saturated rings. The molecule has 0 spiro atoms. The monoisotopic (exact) mass is 476 g/mol. The van der Waals surface area contributed by atoms with Crippen molar-refractivity contribution >= 4 is 11.9 Å². The normalized spacial score (nSPS) is 17.4. The van der Waals surface area contributed by atoms with Gasteiger partial charge < -0.3 is 18.9 Å². The molecule has 10 nitrogen and oxygen atoms in total. The molecule has 10 heteroatoms. The first kappa shape index (κ1) is 25.1. The summed E-state index contributed by atoms with van der Waals surface area (Å²) in [6.45, 7) is 0. The number of hydrogen-bond donors (Lipinski definition) is 0. The Kier molecular flexibility index (Phi) is 8.94. The van der Waals surface area contributed by atoms with Crippen LogP contribution in [0.25, 0.3) is 0 Å². The van der Waals surface area contributed by atoms with Crippen molar-refractivity contribution < 1.29 is 48.1 Å². The van der Waals surface area contributed by atoms with E-state index in [1.165, 1.54) is 40.6 Å². The zero-order valence-corrected chi connectivity index (χ0v) is 19.5. The molecular weight excluding hydrogens is 448 g/mol. The summed E-state index contributed by atoms with van der Waals surface area (Å²) in [5.41, 5.74) is 0.290. The van der Waals surface area contributed by atoms with Crippen molar-refractivity contribution in [2.45, 2.75) is 37.9 Å². The maximum absolute atomic E-state index is 12.6. The van der Waals surface area contributed by atoms with Crippen LogP contribution in [-0.4, -0.2) is 52.6 Å². The first-order valence-corrected chi connectivity index (χ1v) is 10.7. The summed E-state index contributed by atoms with van der Waals surface area (Å²) < 4.78 is 20.9. The van der Waals surface area contributed by atoms with Crippen LogP contribution in [0.15, 0.2) is 36.4 Å². The van der Waals surface area contributed by atoms with Crippen molar-refractivity contribution in [2.75, 3.05) is 28.4 Å². The molecule has 2 aromatic rings. The molecule has 1 saturated carbocycles. The van der Waals surface area contributed by atoms with Crippen LogP contribution in [0.2, 0.25) is 0 Å². The zero-order valence-electron chi connectivity index (χ0n) is 19.5. The highest BCUT2D eigenvalue weighted by Crippen LogP contribution is 2.33. The van der Waals surface area contributed by atoms with Gasteiger partial charge in [0.1, 0.15) is 23.3 Å². The van der Waals surface area contributed by atoms with E-state index >= 15 is 0 Å². The second-order valence-corrected chi connectivity index (χ2v) is 7.38. The largest absolute Gasteiger partial charge is 0.493 e. The lowest BCUT2D eigenvalue weighted by molar-refractivity contribution is -0.352. The lowest BCUT2D eigenvalue weighted by atomic mass is 9.95. The van der Waals surface area contributed by atoms with Crippen molar-refractivity contribution in [1.29, 1.82) is 0 Å². The zero-order chi connectivity index (χ0) is 24.5. The summed E-state index contributed by atoms with van der Waals surface area (Å²) in [7, 11) is 5.78. The van der Waals surface area contributed by atoms with Gasteiger partial charge in [-0.15, -0.1) is 0 Å². The number of para-hydroxylation sites is 2. The number of hydrogen-bond acceptors (Lipinski definition) is 10. The third kappa shape index (κ3) is 5.70. The Morgan fingerprint density at radius 1 is 0.647 bits per heavy atom. The van der Waals surface area contributed by atoms with Gasteiger partial charge in [0.25, 0.3) is 0 Å². The smallest absolute Gasteiger partial charge is 0.376 e. The van der Waals surface area contributed by atoms with Gasteiger partial charge in [0.15, 0.2) is 23.0 Å². The molecule has 0 amide bonds. The van der Waals surface area contributed by atoms with E-state index in [9.17, 15) is 9.59 Å². The minimum absolute atomic E-state index is 0.145. The molecule has 0 heterocycles. The van der Waals surface area contributed by atoms with Gasteiger partial charge in [-0.1, -0.05) is 25.0 Å². The Balaban J connectivity index is 1.62. The molecule has 34 heavy (non-hydrogen) atoms. The van der Waals surface area contributed by atoms with Crippen LogP contribution in [0.5, 0.6) is 23.0 Å². The summed E-state index contributed by atoms with van der Waals surface area (Å²) in [6.07, 6.45) is 1.51. The topological polar surface area (TPSA) is 108 Å². The minimum atomic E-state index is -0.752. The predicted molar refractivity (Wildman–Crippen MR) is 118 cm³/mol. The lowest BCUT2D eigenvalue weighted by Gasteiger charge is -2.28. The number of benzene rings is 2. The summed E-state index contributed by atoms with van der Waals surface area (Å²) in [6, 6.07) is 9.66. The third-order valence-electron chi connectivity index (χ3n) is 5.38. The predicted octanol–water partition coefficient (Wildman–Crippen LogP) is 3.91. The van der Waals surface area contributed by atoms with E-state index in [0.717, 1.165) is 12.8 Å². The van der Waals surface area contributed by atoms with Crippen LogP contribution in [0.3, 0.4) is 0 Å². The fraction of sp³-hybridized carbons (Fsp3) is 0.417. The molecule has 0 aromatic heterocycles. The van der Waals surface area contributed by atoms with E-state index in [-0.39, 0.29) is 22.6 Å². The third-order valence-corrected chi connectivity index (χ3v) is 5.38. The Labute approximate surface area is 197 Å². The number of ether oxygens (including phenoxy) is 4. The van der Waals surface area contributed by atoms with Crippen LogP contribution in [0, 0.1) is 0 Å². The van der Waals surface area contributed by atoms with Gasteiger partial charge in [0, 0.05) is 0 Å². The van der Waals surface area contributed by atoms with Crippen molar-refractivity contribution in [3.63, 3.8) is 0 Å². The maximum Gasteiger partial charge on any atom is 0.376 e. The van der Waals surface area contributed by atoms with Crippen LogP contribution >= 0.6 is 0 Å². The molecule has 1 aliphatic rings. The molecular formula is C24H28O10. The highest BCUT2D eigenvalue weighted by atomic mass is 17.2. The summed E-state index contributed by atoms with van der Waals surface area (Å²) in [5.74, 6) is -0.268. The first-order valence-electron chi connectivity index (χ1n) is 10.7. The standard InChI is InChI=1S/C24H28O10/c1-27-19-13-7-9-15(21(19)29-3)23(25)33-31-17-11-5-6-12-18(17)32-34-24(26)16-10-8-14-20(28-2)22(16)30-4/h7-10,13-14,17-18H,5-6,11-12H2,1-4H3. The Morgan fingerprint density at radius 2 is 1.06 bits per heavy atom. The lowest BCUT2D eigenvalue weighted by Crippen LogP contribution is -2.36. The van der Waals surface area contributed by atoms with Crippen LogP contribution in [-0.2, 0) is 19.6 Å². The number of carbonyl (C=O) groups excluding carboxylic acids is 2. The average molecular weight is 476 g/mol. The van der Waals surface area contributed by atoms with Crippen molar-refractivity contribution in [2.24, 2.45) is 0 Å². The van der Waals surface area contributed by atoms with Gasteiger partial charge >= 0.3 is 11.9 Å².